The first-order valence-electron chi connectivity index (χ1n) is 7.52. The summed E-state index contributed by atoms with van der Waals surface area (Å²) in [5.41, 5.74) is 0. The maximum Gasteiger partial charge on any atom is 0.0100 e. The van der Waals surface area contributed by atoms with E-state index >= 15 is 0 Å². The third-order valence-corrected chi connectivity index (χ3v) is 4.78. The van der Waals surface area contributed by atoms with Gasteiger partial charge in [-0.15, -0.1) is 0 Å². The Morgan fingerprint density at radius 3 is 2.12 bits per heavy atom. The van der Waals surface area contributed by atoms with Crippen LogP contribution in [0.25, 0.3) is 0 Å². The molecule has 1 heterocycles. The molecule has 0 aromatic rings. The normalized spacial score (nSPS) is 30.6. The van der Waals surface area contributed by atoms with Crippen LogP contribution in [0.4, 0.5) is 0 Å². The van der Waals surface area contributed by atoms with Crippen LogP contribution in [0, 0.1) is 17.8 Å². The fourth-order valence-electron chi connectivity index (χ4n) is 4.06. The molecular formula is C15H29N. The zero-order chi connectivity index (χ0) is 11.4. The van der Waals surface area contributed by atoms with E-state index in [4.69, 9.17) is 0 Å². The van der Waals surface area contributed by atoms with Gasteiger partial charge in [-0.25, -0.2) is 0 Å². The van der Waals surface area contributed by atoms with Crippen molar-refractivity contribution in [2.75, 3.05) is 6.54 Å². The van der Waals surface area contributed by atoms with Crippen LogP contribution in [0.15, 0.2) is 0 Å². The van der Waals surface area contributed by atoms with Crippen molar-refractivity contribution in [2.24, 2.45) is 17.8 Å². The van der Waals surface area contributed by atoms with E-state index < -0.39 is 0 Å². The monoisotopic (exact) mass is 223 g/mol. The molecule has 1 saturated heterocycles. The highest BCUT2D eigenvalue weighted by Crippen LogP contribution is 2.37. The minimum Gasteiger partial charge on any atom is -0.314 e. The van der Waals surface area contributed by atoms with E-state index in [1.165, 1.54) is 57.9 Å². The van der Waals surface area contributed by atoms with Gasteiger partial charge in [-0.1, -0.05) is 52.4 Å². The molecule has 1 N–H and O–H groups in total. The molecule has 94 valence electrons. The fourth-order valence-corrected chi connectivity index (χ4v) is 4.06. The van der Waals surface area contributed by atoms with Crippen molar-refractivity contribution in [3.63, 3.8) is 0 Å². The van der Waals surface area contributed by atoms with Crippen LogP contribution < -0.4 is 5.32 Å². The number of piperidine rings is 1. The summed E-state index contributed by atoms with van der Waals surface area (Å²) in [6, 6.07) is 0.830. The Kier molecular flexibility index (Phi) is 4.69. The van der Waals surface area contributed by atoms with Gasteiger partial charge in [0.05, 0.1) is 0 Å². The Hall–Kier alpha value is -0.0400. The smallest absolute Gasteiger partial charge is 0.0100 e. The van der Waals surface area contributed by atoms with Crippen molar-refractivity contribution < 1.29 is 0 Å². The molecule has 0 aromatic carbocycles. The van der Waals surface area contributed by atoms with Crippen molar-refractivity contribution in [1.82, 2.24) is 5.32 Å². The Morgan fingerprint density at radius 2 is 1.56 bits per heavy atom. The molecule has 1 nitrogen and oxygen atoms in total. The lowest BCUT2D eigenvalue weighted by molar-refractivity contribution is 0.131. The largest absolute Gasteiger partial charge is 0.314 e. The minimum absolute atomic E-state index is 0.830. The molecule has 16 heavy (non-hydrogen) atoms. The van der Waals surface area contributed by atoms with Crippen LogP contribution in [0.1, 0.15) is 65.2 Å². The van der Waals surface area contributed by atoms with Gasteiger partial charge >= 0.3 is 0 Å². The lowest BCUT2D eigenvalue weighted by Gasteiger charge is -2.40. The van der Waals surface area contributed by atoms with Crippen molar-refractivity contribution in [3.8, 4) is 0 Å². The van der Waals surface area contributed by atoms with Gasteiger partial charge in [0.15, 0.2) is 0 Å². The van der Waals surface area contributed by atoms with Gasteiger partial charge in [0, 0.05) is 6.04 Å². The lowest BCUT2D eigenvalue weighted by atomic mass is 9.70. The van der Waals surface area contributed by atoms with E-state index in [0.29, 0.717) is 0 Å². The van der Waals surface area contributed by atoms with E-state index in [1.807, 2.05) is 0 Å². The zero-order valence-electron chi connectivity index (χ0n) is 11.2. The summed E-state index contributed by atoms with van der Waals surface area (Å²) in [4.78, 5) is 0. The highest BCUT2D eigenvalue weighted by atomic mass is 14.9. The van der Waals surface area contributed by atoms with E-state index in [0.717, 1.165) is 23.8 Å². The van der Waals surface area contributed by atoms with E-state index in [-0.39, 0.29) is 0 Å². The average molecular weight is 223 g/mol. The third-order valence-electron chi connectivity index (χ3n) is 4.78. The molecule has 0 aromatic heterocycles. The molecule has 2 rings (SSSR count). The van der Waals surface area contributed by atoms with Gasteiger partial charge in [-0.05, 0) is 37.1 Å². The number of nitrogens with one attached hydrogen (secondary N) is 1. The number of rotatable bonds is 3. The average Bonchev–Trinajstić information content (AvgIpc) is 2.31. The number of hydrogen-bond donors (Lipinski definition) is 1. The topological polar surface area (TPSA) is 12.0 Å². The molecule has 2 atom stereocenters. The molecule has 1 saturated carbocycles. The van der Waals surface area contributed by atoms with Gasteiger partial charge in [-0.3, -0.25) is 0 Å². The summed E-state index contributed by atoms with van der Waals surface area (Å²) in [7, 11) is 0. The molecule has 1 aliphatic carbocycles. The van der Waals surface area contributed by atoms with E-state index in [1.54, 1.807) is 0 Å². The van der Waals surface area contributed by atoms with Crippen molar-refractivity contribution in [1.29, 1.82) is 0 Å². The summed E-state index contributed by atoms with van der Waals surface area (Å²) in [6.45, 7) is 6.14. The molecule has 0 amide bonds. The summed E-state index contributed by atoms with van der Waals surface area (Å²) in [5.74, 6) is 2.82. The summed E-state index contributed by atoms with van der Waals surface area (Å²) < 4.78 is 0. The minimum atomic E-state index is 0.830. The van der Waals surface area contributed by atoms with Gasteiger partial charge in [0.1, 0.15) is 0 Å². The molecule has 2 fully saturated rings. The summed E-state index contributed by atoms with van der Waals surface area (Å²) in [5, 5.41) is 3.80. The van der Waals surface area contributed by atoms with Crippen LogP contribution in [-0.2, 0) is 0 Å². The van der Waals surface area contributed by atoms with Crippen LogP contribution in [-0.4, -0.2) is 12.6 Å². The predicted molar refractivity (Wildman–Crippen MR) is 70.5 cm³/mol. The molecule has 0 radical (unpaired) electrons. The Morgan fingerprint density at radius 1 is 0.875 bits per heavy atom. The first-order chi connectivity index (χ1) is 7.79. The summed E-state index contributed by atoms with van der Waals surface area (Å²) in [6.07, 6.45) is 11.7. The fraction of sp³-hybridized carbons (Fsp3) is 1.00. The lowest BCUT2D eigenvalue weighted by Crippen LogP contribution is -2.45. The van der Waals surface area contributed by atoms with Crippen LogP contribution in [0.2, 0.25) is 0 Å². The highest BCUT2D eigenvalue weighted by Gasteiger charge is 2.33. The summed E-state index contributed by atoms with van der Waals surface area (Å²) >= 11 is 0. The second-order valence-corrected chi connectivity index (χ2v) is 6.28. The van der Waals surface area contributed by atoms with Crippen molar-refractivity contribution in [3.05, 3.63) is 0 Å². The molecule has 0 bridgehead atoms. The van der Waals surface area contributed by atoms with E-state index in [9.17, 15) is 0 Å². The van der Waals surface area contributed by atoms with Crippen LogP contribution in [0.3, 0.4) is 0 Å². The second-order valence-electron chi connectivity index (χ2n) is 6.28. The molecule has 1 heteroatoms. The van der Waals surface area contributed by atoms with Crippen LogP contribution in [0.5, 0.6) is 0 Å². The van der Waals surface area contributed by atoms with E-state index in [2.05, 4.69) is 19.2 Å². The second kappa shape index (κ2) is 6.05. The predicted octanol–water partition coefficient (Wildman–Crippen LogP) is 3.98. The quantitative estimate of drug-likeness (QED) is 0.763. The van der Waals surface area contributed by atoms with Gasteiger partial charge in [-0.2, -0.15) is 0 Å². The highest BCUT2D eigenvalue weighted by molar-refractivity contribution is 4.87. The maximum absolute atomic E-state index is 3.80. The molecule has 2 aliphatic rings. The standard InChI is InChI=1S/C15H29N/c1-12(2)15(13-8-4-3-5-9-13)14-10-6-7-11-16-14/h12-16H,3-11H2,1-2H3. The SMILES string of the molecule is CC(C)C(C1CCCCC1)C1CCCCN1. The maximum atomic E-state index is 3.80. The molecule has 1 aliphatic heterocycles. The van der Waals surface area contributed by atoms with Crippen LogP contribution >= 0.6 is 0 Å². The first kappa shape index (κ1) is 12.4. The Bertz CT molecular complexity index is 170. The van der Waals surface area contributed by atoms with Gasteiger partial charge in [0.2, 0.25) is 0 Å². The molecule has 2 unspecified atom stereocenters. The third kappa shape index (κ3) is 3.00. The Balaban J connectivity index is 1.96. The molecular weight excluding hydrogens is 194 g/mol. The number of hydrogen-bond acceptors (Lipinski definition) is 1. The Labute approximate surface area is 101 Å². The van der Waals surface area contributed by atoms with Gasteiger partial charge < -0.3 is 5.32 Å². The molecule has 0 spiro atoms. The van der Waals surface area contributed by atoms with Crippen molar-refractivity contribution >= 4 is 0 Å². The first-order valence-corrected chi connectivity index (χ1v) is 7.52. The zero-order valence-corrected chi connectivity index (χ0v) is 11.2. The van der Waals surface area contributed by atoms with Gasteiger partial charge in [0.25, 0.3) is 0 Å². The van der Waals surface area contributed by atoms with Crippen molar-refractivity contribution in [2.45, 2.75) is 71.3 Å².